The summed E-state index contributed by atoms with van der Waals surface area (Å²) in [5.41, 5.74) is 43.5. The molecule has 740 valence electrons. The van der Waals surface area contributed by atoms with Crippen LogP contribution in [-0.4, -0.2) is 27.4 Å². The highest BCUT2D eigenvalue weighted by molar-refractivity contribution is 6.15. The maximum atomic E-state index is 2.56. The second kappa shape index (κ2) is 36.9. The normalized spacial score (nSPS) is 12.6. The molecule has 23 rings (SSSR count). The van der Waals surface area contributed by atoms with Gasteiger partial charge in [0.2, 0.25) is 0 Å². The Morgan fingerprint density at radius 2 is 0.480 bits per heavy atom. The largest absolute Gasteiger partial charge is 0.305 e. The predicted octanol–water partition coefficient (Wildman–Crippen LogP) is 35.3. The molecule has 23 aromatic rings. The summed E-state index contributed by atoms with van der Waals surface area (Å²) < 4.78 is 22.3. The molecule has 6 heterocycles. The Hall–Kier alpha value is -15.5. The van der Waals surface area contributed by atoms with Gasteiger partial charge in [0.05, 0.1) is 27.8 Å². The summed E-state index contributed by atoms with van der Waals surface area (Å²) in [5, 5.41) is 7.47. The summed E-state index contributed by atoms with van der Waals surface area (Å²) in [5.74, 6) is 3.49. The zero-order valence-electron chi connectivity index (χ0n) is 91.7. The highest BCUT2D eigenvalue weighted by Gasteiger charge is 2.39. The lowest BCUT2D eigenvalue weighted by Crippen LogP contribution is -2.36. The first-order chi connectivity index (χ1) is 70.5. The van der Waals surface area contributed by atoms with Crippen molar-refractivity contribution in [3.8, 4) is 73.4 Å². The third-order valence-electron chi connectivity index (χ3n) is 31.1. The van der Waals surface area contributed by atoms with E-state index in [1.165, 1.54) is 211 Å². The van der Waals surface area contributed by atoms with Crippen LogP contribution in [0.2, 0.25) is 0 Å². The molecule has 0 N–H and O–H groups in total. The fourth-order valence-corrected chi connectivity index (χ4v) is 23.7. The average Bonchev–Trinajstić information content (AvgIpc) is 1.54. The first-order valence-electron chi connectivity index (χ1n) is 53.0. The Labute approximate surface area is 875 Å². The van der Waals surface area contributed by atoms with Crippen LogP contribution in [0, 0.1) is 41.5 Å². The molecule has 6 aromatic heterocycles. The number of rotatable bonds is 11. The predicted molar refractivity (Wildman–Crippen MR) is 628 cm³/mol. The SMILES string of the molecule is Cc1c(-[n+]2c(C)n(-c3cccc4c5ccccc5n(-c5ccccc5)c34)c3ccccc32)cccc1C(C)(C)C.Cc1c(-n2c(C)[n+](-c3c(-c4cc(C(C)(C)C)cc(C(C)(C)C)c4)cccc3-c3cc(C(C)(C)C)cc(C(C)(C)C)c3)c3ccccc32)cccc1C(C)(C)C.Cc1c(-n2c(C)[n+](-c3c(-n4c5ccccc5c5ccccc54)ccc4c5ccccc5n(-c5ccccc5)c34)c3ccccc32)cccc1C(C)(C)C. The zero-order chi connectivity index (χ0) is 104. The van der Waals surface area contributed by atoms with Crippen molar-refractivity contribution in [1.29, 1.82) is 0 Å². The first-order valence-corrected chi connectivity index (χ1v) is 53.0. The van der Waals surface area contributed by atoms with Crippen molar-refractivity contribution in [3.05, 3.63) is 443 Å². The van der Waals surface area contributed by atoms with Crippen molar-refractivity contribution in [2.24, 2.45) is 0 Å². The Balaban J connectivity index is 0.000000132. The molecule has 0 saturated heterocycles. The van der Waals surface area contributed by atoms with Crippen LogP contribution in [0.25, 0.3) is 172 Å². The number of aromatic nitrogens is 9. The molecule has 0 radical (unpaired) electrons. The van der Waals surface area contributed by atoms with E-state index >= 15 is 0 Å². The molecule has 148 heavy (non-hydrogen) atoms. The van der Waals surface area contributed by atoms with E-state index < -0.39 is 0 Å². The van der Waals surface area contributed by atoms with Crippen molar-refractivity contribution in [2.75, 3.05) is 0 Å². The van der Waals surface area contributed by atoms with Crippen LogP contribution in [0.3, 0.4) is 0 Å². The molecule has 0 aliphatic carbocycles. The van der Waals surface area contributed by atoms with Gasteiger partial charge in [0.25, 0.3) is 17.5 Å². The van der Waals surface area contributed by atoms with Gasteiger partial charge < -0.3 is 13.7 Å². The number of imidazole rings is 3. The van der Waals surface area contributed by atoms with Crippen LogP contribution < -0.4 is 13.7 Å². The van der Waals surface area contributed by atoms with E-state index in [1.807, 2.05) is 0 Å². The highest BCUT2D eigenvalue weighted by atomic mass is 15.2. The molecule has 17 aromatic carbocycles. The first kappa shape index (κ1) is 98.6. The minimum absolute atomic E-state index is 0.00881. The summed E-state index contributed by atoms with van der Waals surface area (Å²) >= 11 is 0. The number of para-hydroxylation sites is 14. The van der Waals surface area contributed by atoms with E-state index in [4.69, 9.17) is 0 Å². The van der Waals surface area contributed by atoms with E-state index in [0.29, 0.717) is 0 Å². The molecule has 0 aliphatic rings. The van der Waals surface area contributed by atoms with Crippen molar-refractivity contribution < 1.29 is 13.7 Å². The van der Waals surface area contributed by atoms with Crippen LogP contribution in [-0.2, 0) is 37.9 Å². The van der Waals surface area contributed by atoms with Gasteiger partial charge in [-0.1, -0.05) is 394 Å². The van der Waals surface area contributed by atoms with E-state index in [0.717, 1.165) is 34.1 Å². The number of benzene rings is 17. The van der Waals surface area contributed by atoms with Crippen LogP contribution in [0.1, 0.15) is 219 Å². The van der Waals surface area contributed by atoms with E-state index in [2.05, 4.69) is 598 Å². The van der Waals surface area contributed by atoms with E-state index in [1.54, 1.807) is 0 Å². The van der Waals surface area contributed by atoms with Gasteiger partial charge in [0, 0.05) is 75.6 Å². The van der Waals surface area contributed by atoms with Crippen molar-refractivity contribution in [2.45, 2.75) is 225 Å². The third-order valence-corrected chi connectivity index (χ3v) is 31.1. The molecule has 0 atom stereocenters. The average molecular weight is 1940 g/mol. The van der Waals surface area contributed by atoms with Gasteiger partial charge in [-0.3, -0.25) is 0 Å². The molecule has 0 saturated carbocycles. The third kappa shape index (κ3) is 17.0. The maximum absolute atomic E-state index is 2.56. The topological polar surface area (TPSA) is 41.2 Å². The van der Waals surface area contributed by atoms with Gasteiger partial charge >= 0.3 is 0 Å². The fraction of sp³-hybridized carbons (Fsp3) is 0.245. The Kier molecular flexibility index (Phi) is 24.6. The van der Waals surface area contributed by atoms with Gasteiger partial charge in [0.15, 0.2) is 44.5 Å². The van der Waals surface area contributed by atoms with Crippen molar-refractivity contribution >= 4 is 98.5 Å². The standard InChI is InChI=1S/C53H67N2.C49H41N4.C37H34N3/c1-34-44(53(15,16)17)24-21-27-45(34)54-35(2)55(47-26-19-18-25-46(47)54)48-42(36-28-38(49(3,4)5)32-39(29-36)50(6,7)8)22-20-23-43(48)37-30-40(51(9,10)11)33-41(31-37)52(12,13)14;1-32-39(49(3,4)5)23-17-29-40(32)50-33(2)51(45-28-16-15-27-44(45)50)48-46(53-42-25-13-9-20-35(42)36-21-10-14-26-43(36)53)31-30-38-37-22-11-12-24-41(37)52(47(38)48)34-18-7-6-8-19-34;1-25-30(37(3,4)5)19-14-23-31(25)38-26(2)39(34-22-12-11-21-33(34)38)35-24-13-18-29-28-17-9-10-20-32(28)40(36(29)35)27-15-7-6-8-16-27/h18-33H,1-17H3;6-31H,1-5H3;6-24H,1-5H3/q3*+1. The summed E-state index contributed by atoms with van der Waals surface area (Å²) in [6.45, 7) is 62.5. The van der Waals surface area contributed by atoms with E-state index in [-0.39, 0.29) is 37.9 Å². The maximum Gasteiger partial charge on any atom is 0.264 e. The zero-order valence-corrected chi connectivity index (χ0v) is 91.7. The van der Waals surface area contributed by atoms with Gasteiger partial charge in [-0.05, 0) is 247 Å². The fourth-order valence-electron chi connectivity index (χ4n) is 23.7. The van der Waals surface area contributed by atoms with Gasteiger partial charge in [-0.25, -0.2) is 0 Å². The second-order valence-electron chi connectivity index (χ2n) is 48.3. The van der Waals surface area contributed by atoms with Gasteiger partial charge in [0.1, 0.15) is 33.8 Å². The van der Waals surface area contributed by atoms with Crippen molar-refractivity contribution in [3.63, 3.8) is 0 Å². The Bertz CT molecular complexity index is 8960. The van der Waals surface area contributed by atoms with E-state index in [9.17, 15) is 0 Å². The minimum Gasteiger partial charge on any atom is -0.305 e. The van der Waals surface area contributed by atoms with Crippen LogP contribution in [0.4, 0.5) is 0 Å². The summed E-state index contributed by atoms with van der Waals surface area (Å²) in [7, 11) is 0. The van der Waals surface area contributed by atoms with Crippen LogP contribution in [0.5, 0.6) is 0 Å². The monoisotopic (exact) mass is 1940 g/mol. The van der Waals surface area contributed by atoms with Crippen LogP contribution >= 0.6 is 0 Å². The Morgan fingerprint density at radius 3 is 0.878 bits per heavy atom. The molecule has 0 fully saturated rings. The lowest BCUT2D eigenvalue weighted by Gasteiger charge is -2.27. The minimum atomic E-state index is -0.00881. The molecule has 9 nitrogen and oxygen atoms in total. The molecule has 0 bridgehead atoms. The molecule has 0 unspecified atom stereocenters. The quantitative estimate of drug-likeness (QED) is 0.116. The van der Waals surface area contributed by atoms with Crippen LogP contribution in [0.15, 0.2) is 370 Å². The number of hydrogen-bond donors (Lipinski definition) is 0. The lowest BCUT2D eigenvalue weighted by molar-refractivity contribution is -0.575. The number of fused-ring (bicyclic) bond motifs is 12. The molecular formula is C139H142N9+3. The summed E-state index contributed by atoms with van der Waals surface area (Å²) in [4.78, 5) is 0. The molecule has 9 heteroatoms. The number of nitrogens with zero attached hydrogens (tertiary/aromatic N) is 9. The second-order valence-corrected chi connectivity index (χ2v) is 48.3. The molecule has 0 spiro atoms. The lowest BCUT2D eigenvalue weighted by atomic mass is 9.77. The summed E-state index contributed by atoms with van der Waals surface area (Å²) in [6, 6.07) is 137. The van der Waals surface area contributed by atoms with Gasteiger partial charge in [-0.2, -0.15) is 27.4 Å². The number of hydrogen-bond acceptors (Lipinski definition) is 0. The molecule has 0 amide bonds. The molecular weight excluding hydrogens is 1800 g/mol. The van der Waals surface area contributed by atoms with Gasteiger partial charge in [-0.15, -0.1) is 0 Å². The smallest absolute Gasteiger partial charge is 0.264 e. The Morgan fingerprint density at radius 1 is 0.189 bits per heavy atom. The van der Waals surface area contributed by atoms with Crippen molar-refractivity contribution in [1.82, 2.24) is 27.4 Å². The summed E-state index contributed by atoms with van der Waals surface area (Å²) in [6.07, 6.45) is 0. The highest BCUT2D eigenvalue weighted by Crippen LogP contribution is 2.48. The molecule has 0 aliphatic heterocycles.